The quantitative estimate of drug-likeness (QED) is 0.458. The molecule has 2 aliphatic rings. The number of aliphatic hydroxyl groups is 3. The minimum absolute atomic E-state index is 0.232. The summed E-state index contributed by atoms with van der Waals surface area (Å²) >= 11 is 0. The number of carbonyl (C=O) groups is 1. The van der Waals surface area contributed by atoms with Gasteiger partial charge >= 0.3 is 5.97 Å². The summed E-state index contributed by atoms with van der Waals surface area (Å²) in [5.41, 5.74) is 0.619. The zero-order valence-corrected chi connectivity index (χ0v) is 18.8. The van der Waals surface area contributed by atoms with Crippen LogP contribution < -0.4 is 0 Å². The van der Waals surface area contributed by atoms with Gasteiger partial charge in [0.05, 0.1) is 5.60 Å². The average molecular weight is 427 g/mol. The van der Waals surface area contributed by atoms with Crippen molar-refractivity contribution in [1.29, 1.82) is 0 Å². The molecule has 0 aromatic carbocycles. The molecular formula is C23H38O7. The van der Waals surface area contributed by atoms with Gasteiger partial charge in [0, 0.05) is 6.92 Å². The Morgan fingerprint density at radius 2 is 1.97 bits per heavy atom. The summed E-state index contributed by atoms with van der Waals surface area (Å²) in [7, 11) is 0. The van der Waals surface area contributed by atoms with Crippen molar-refractivity contribution >= 4 is 5.97 Å². The first-order valence-electron chi connectivity index (χ1n) is 10.9. The molecule has 0 saturated carbocycles. The highest BCUT2D eigenvalue weighted by atomic mass is 16.7. The zero-order valence-electron chi connectivity index (χ0n) is 18.8. The van der Waals surface area contributed by atoms with E-state index >= 15 is 0 Å². The van der Waals surface area contributed by atoms with Crippen molar-refractivity contribution in [2.45, 2.75) is 96.6 Å². The van der Waals surface area contributed by atoms with Crippen LogP contribution >= 0.6 is 0 Å². The highest BCUT2D eigenvalue weighted by molar-refractivity contribution is 5.65. The van der Waals surface area contributed by atoms with Gasteiger partial charge in [0.15, 0.2) is 6.29 Å². The summed E-state index contributed by atoms with van der Waals surface area (Å²) in [6.45, 7) is 9.49. The highest BCUT2D eigenvalue weighted by Gasteiger charge is 2.46. The van der Waals surface area contributed by atoms with E-state index in [9.17, 15) is 20.1 Å². The molecule has 1 heterocycles. The Bertz CT molecular complexity index is 629. The number of rotatable bonds is 5. The fourth-order valence-corrected chi connectivity index (χ4v) is 3.88. The van der Waals surface area contributed by atoms with Gasteiger partial charge in [-0.2, -0.15) is 0 Å². The molecular weight excluding hydrogens is 388 g/mol. The summed E-state index contributed by atoms with van der Waals surface area (Å²) in [5.74, 6) is 0.364. The minimum atomic E-state index is -1.47. The maximum atomic E-state index is 11.1. The van der Waals surface area contributed by atoms with Gasteiger partial charge in [0.1, 0.15) is 31.0 Å². The Morgan fingerprint density at radius 3 is 2.60 bits per heavy atom. The number of aliphatic hydroxyl groups excluding tert-OH is 3. The second kappa shape index (κ2) is 10.9. The number of hydrogen-bond acceptors (Lipinski definition) is 7. The Kier molecular flexibility index (Phi) is 9.06. The van der Waals surface area contributed by atoms with E-state index in [1.807, 2.05) is 13.0 Å². The van der Waals surface area contributed by atoms with E-state index in [1.165, 1.54) is 12.5 Å². The molecule has 2 rings (SSSR count). The van der Waals surface area contributed by atoms with E-state index in [-0.39, 0.29) is 6.61 Å². The highest BCUT2D eigenvalue weighted by Crippen LogP contribution is 2.32. The zero-order chi connectivity index (χ0) is 22.5. The molecule has 0 bridgehead atoms. The first-order chi connectivity index (χ1) is 14.0. The van der Waals surface area contributed by atoms with Crippen molar-refractivity contribution in [2.75, 3.05) is 6.61 Å². The van der Waals surface area contributed by atoms with Gasteiger partial charge in [-0.05, 0) is 51.4 Å². The van der Waals surface area contributed by atoms with Gasteiger partial charge in [-0.15, -0.1) is 0 Å². The standard InChI is InChI=1S/C23H38O7/c1-14(2)17-9-8-15(3)7-6-11-23(5,12-10-17)30-22-21(27)20(26)19(25)18(29-22)13-28-16(4)24/h7,10,12,14,17-22,25-27H,6,8-9,11,13H2,1-5H3/b12-10+,15-7+/t17-,18-,19-,20+,21-,22+,23-/m1/s1. The van der Waals surface area contributed by atoms with Crippen LogP contribution in [0.5, 0.6) is 0 Å². The van der Waals surface area contributed by atoms with E-state index < -0.39 is 42.3 Å². The summed E-state index contributed by atoms with van der Waals surface area (Å²) in [6.07, 6.45) is 3.60. The van der Waals surface area contributed by atoms with Crippen LogP contribution in [0.2, 0.25) is 0 Å². The topological polar surface area (TPSA) is 105 Å². The van der Waals surface area contributed by atoms with Crippen LogP contribution in [0, 0.1) is 11.8 Å². The molecule has 7 heteroatoms. The van der Waals surface area contributed by atoms with Gasteiger partial charge in [-0.1, -0.05) is 37.6 Å². The van der Waals surface area contributed by atoms with E-state index in [2.05, 4.69) is 32.9 Å². The lowest BCUT2D eigenvalue weighted by Gasteiger charge is -2.43. The predicted molar refractivity (Wildman–Crippen MR) is 112 cm³/mol. The summed E-state index contributed by atoms with van der Waals surface area (Å²) in [5, 5.41) is 30.9. The third kappa shape index (κ3) is 6.89. The van der Waals surface area contributed by atoms with Gasteiger partial charge < -0.3 is 29.5 Å². The Labute approximate surface area is 179 Å². The molecule has 3 N–H and O–H groups in total. The number of hydrogen-bond donors (Lipinski definition) is 3. The summed E-state index contributed by atoms with van der Waals surface area (Å²) in [6, 6.07) is 0. The van der Waals surface area contributed by atoms with Crippen LogP contribution in [-0.4, -0.2) is 64.2 Å². The van der Waals surface area contributed by atoms with Crippen molar-refractivity contribution in [3.63, 3.8) is 0 Å². The van der Waals surface area contributed by atoms with E-state index in [0.29, 0.717) is 18.3 Å². The van der Waals surface area contributed by atoms with Crippen LogP contribution in [0.3, 0.4) is 0 Å². The van der Waals surface area contributed by atoms with E-state index in [4.69, 9.17) is 14.2 Å². The van der Waals surface area contributed by atoms with Crippen LogP contribution in [0.1, 0.15) is 60.3 Å². The van der Waals surface area contributed by atoms with Crippen LogP contribution in [0.4, 0.5) is 0 Å². The molecule has 0 spiro atoms. The second-order valence-electron chi connectivity index (χ2n) is 9.14. The molecule has 1 fully saturated rings. The normalized spacial score (nSPS) is 41.0. The minimum Gasteiger partial charge on any atom is -0.463 e. The van der Waals surface area contributed by atoms with Crippen molar-refractivity contribution in [3.8, 4) is 0 Å². The molecule has 1 saturated heterocycles. The fraction of sp³-hybridized carbons (Fsp3) is 0.783. The largest absolute Gasteiger partial charge is 0.463 e. The van der Waals surface area contributed by atoms with E-state index in [0.717, 1.165) is 19.3 Å². The Hall–Kier alpha value is -1.25. The molecule has 0 amide bonds. The molecule has 0 aromatic rings. The maximum absolute atomic E-state index is 11.1. The third-order valence-corrected chi connectivity index (χ3v) is 6.06. The number of ether oxygens (including phenoxy) is 3. The number of esters is 1. The molecule has 0 aromatic heterocycles. The molecule has 172 valence electrons. The Morgan fingerprint density at radius 1 is 1.27 bits per heavy atom. The Balaban J connectivity index is 2.19. The number of carbonyl (C=O) groups excluding carboxylic acids is 1. The number of allylic oxidation sites excluding steroid dienone is 3. The van der Waals surface area contributed by atoms with Crippen molar-refractivity contribution in [3.05, 3.63) is 23.8 Å². The first kappa shape index (κ1) is 25.0. The van der Waals surface area contributed by atoms with Crippen molar-refractivity contribution < 1.29 is 34.3 Å². The van der Waals surface area contributed by atoms with Gasteiger partial charge in [0.2, 0.25) is 0 Å². The van der Waals surface area contributed by atoms with Crippen molar-refractivity contribution in [2.24, 2.45) is 11.8 Å². The summed E-state index contributed by atoms with van der Waals surface area (Å²) < 4.78 is 16.8. The molecule has 0 unspecified atom stereocenters. The molecule has 0 radical (unpaired) electrons. The lowest BCUT2D eigenvalue weighted by atomic mass is 9.85. The molecule has 1 aliphatic carbocycles. The van der Waals surface area contributed by atoms with E-state index in [1.54, 1.807) is 0 Å². The van der Waals surface area contributed by atoms with Crippen LogP contribution in [0.25, 0.3) is 0 Å². The molecule has 30 heavy (non-hydrogen) atoms. The van der Waals surface area contributed by atoms with Gasteiger partial charge in [-0.3, -0.25) is 4.79 Å². The SMILES string of the molecule is CC(=O)OC[C@H]1O[C@@H](O[C@@]2(C)/C=C/[C@H](C(C)C)CC/C(C)=C/CC2)[C@H](O)[C@@H](O)[C@@H]1O. The molecule has 7 atom stereocenters. The third-order valence-electron chi connectivity index (χ3n) is 6.06. The lowest BCUT2D eigenvalue weighted by molar-refractivity contribution is -0.320. The van der Waals surface area contributed by atoms with Crippen LogP contribution in [0.15, 0.2) is 23.8 Å². The average Bonchev–Trinajstić information content (AvgIpc) is 2.67. The second-order valence-corrected chi connectivity index (χ2v) is 9.14. The smallest absolute Gasteiger partial charge is 0.302 e. The summed E-state index contributed by atoms with van der Waals surface area (Å²) in [4.78, 5) is 11.1. The van der Waals surface area contributed by atoms with Gasteiger partial charge in [0.25, 0.3) is 0 Å². The molecule has 1 aliphatic heterocycles. The fourth-order valence-electron chi connectivity index (χ4n) is 3.88. The first-order valence-corrected chi connectivity index (χ1v) is 10.9. The predicted octanol–water partition coefficient (Wildman–Crippen LogP) is 2.48. The van der Waals surface area contributed by atoms with Gasteiger partial charge in [-0.25, -0.2) is 0 Å². The molecule has 7 nitrogen and oxygen atoms in total. The maximum Gasteiger partial charge on any atom is 0.302 e. The monoisotopic (exact) mass is 426 g/mol. The lowest BCUT2D eigenvalue weighted by Crippen LogP contribution is -2.60. The van der Waals surface area contributed by atoms with Crippen molar-refractivity contribution in [1.82, 2.24) is 0 Å². The van der Waals surface area contributed by atoms with Crippen LogP contribution in [-0.2, 0) is 19.0 Å².